The van der Waals surface area contributed by atoms with Crippen molar-refractivity contribution in [1.29, 1.82) is 0 Å². The minimum atomic E-state index is -3.14. The Morgan fingerprint density at radius 1 is 0.950 bits per heavy atom. The lowest BCUT2D eigenvalue weighted by Gasteiger charge is -2.05. The van der Waals surface area contributed by atoms with Crippen LogP contribution in [0.1, 0.15) is 6.92 Å². The van der Waals surface area contributed by atoms with Crippen LogP contribution >= 0.6 is 0 Å². The zero-order valence-corrected chi connectivity index (χ0v) is 11.9. The third kappa shape index (κ3) is 2.23. The monoisotopic (exact) mass is 286 g/mol. The maximum Gasteiger partial charge on any atom is 0.178 e. The Kier molecular flexibility index (Phi) is 3.10. The first kappa shape index (κ1) is 12.9. The van der Waals surface area contributed by atoms with Crippen LogP contribution in [0.5, 0.6) is 0 Å². The molecule has 0 saturated heterocycles. The van der Waals surface area contributed by atoms with Gasteiger partial charge < -0.3 is 4.42 Å². The normalized spacial score (nSPS) is 11.8. The molecule has 20 heavy (non-hydrogen) atoms. The topological polar surface area (TPSA) is 47.3 Å². The van der Waals surface area contributed by atoms with Crippen molar-refractivity contribution in [3.05, 3.63) is 54.8 Å². The van der Waals surface area contributed by atoms with Crippen LogP contribution in [0.3, 0.4) is 0 Å². The summed E-state index contributed by atoms with van der Waals surface area (Å²) in [7, 11) is -3.14. The molecular weight excluding hydrogens is 272 g/mol. The Hall–Kier alpha value is -2.07. The highest BCUT2D eigenvalue weighted by Gasteiger charge is 2.11. The van der Waals surface area contributed by atoms with Crippen LogP contribution in [0.15, 0.2) is 64.1 Å². The summed E-state index contributed by atoms with van der Waals surface area (Å²) in [6, 6.07) is 14.8. The molecule has 1 heterocycles. The van der Waals surface area contributed by atoms with E-state index < -0.39 is 9.84 Å². The predicted molar refractivity (Wildman–Crippen MR) is 79.4 cm³/mol. The largest absolute Gasteiger partial charge is 0.464 e. The predicted octanol–water partition coefficient (Wildman–Crippen LogP) is 3.89. The zero-order valence-electron chi connectivity index (χ0n) is 11.0. The number of furan rings is 1. The summed E-state index contributed by atoms with van der Waals surface area (Å²) in [6.45, 7) is 1.65. The molecule has 0 N–H and O–H groups in total. The van der Waals surface area contributed by atoms with Crippen LogP contribution in [-0.4, -0.2) is 14.2 Å². The molecule has 0 amide bonds. The van der Waals surface area contributed by atoms with Gasteiger partial charge in [-0.3, -0.25) is 0 Å². The van der Waals surface area contributed by atoms with Crippen molar-refractivity contribution >= 4 is 20.8 Å². The van der Waals surface area contributed by atoms with Gasteiger partial charge in [-0.15, -0.1) is 0 Å². The van der Waals surface area contributed by atoms with Gasteiger partial charge in [0.1, 0.15) is 5.58 Å². The van der Waals surface area contributed by atoms with E-state index in [4.69, 9.17) is 4.42 Å². The van der Waals surface area contributed by atoms with E-state index in [1.54, 1.807) is 25.3 Å². The van der Waals surface area contributed by atoms with Crippen LogP contribution < -0.4 is 0 Å². The van der Waals surface area contributed by atoms with E-state index in [9.17, 15) is 8.42 Å². The molecule has 0 aliphatic carbocycles. The fraction of sp³-hybridized carbons (Fsp3) is 0.125. The van der Waals surface area contributed by atoms with E-state index >= 15 is 0 Å². The van der Waals surface area contributed by atoms with Crippen molar-refractivity contribution < 1.29 is 12.8 Å². The van der Waals surface area contributed by atoms with Crippen molar-refractivity contribution in [1.82, 2.24) is 0 Å². The van der Waals surface area contributed by atoms with Crippen LogP contribution in [0.2, 0.25) is 0 Å². The lowest BCUT2D eigenvalue weighted by atomic mass is 10.0. The van der Waals surface area contributed by atoms with Gasteiger partial charge in [-0.25, -0.2) is 8.42 Å². The van der Waals surface area contributed by atoms with Crippen LogP contribution in [0.25, 0.3) is 22.1 Å². The summed E-state index contributed by atoms with van der Waals surface area (Å²) in [5.74, 6) is 0.118. The second-order valence-electron chi connectivity index (χ2n) is 4.60. The summed E-state index contributed by atoms with van der Waals surface area (Å²) in [5.41, 5.74) is 2.88. The third-order valence-electron chi connectivity index (χ3n) is 3.38. The molecular formula is C16H14O3S. The molecule has 0 bridgehead atoms. The first-order valence-corrected chi connectivity index (χ1v) is 8.06. The van der Waals surface area contributed by atoms with Gasteiger partial charge in [0.15, 0.2) is 9.84 Å². The molecule has 0 aliphatic rings. The Labute approximate surface area is 117 Å². The molecule has 0 aliphatic heterocycles. The Morgan fingerprint density at radius 2 is 1.65 bits per heavy atom. The van der Waals surface area contributed by atoms with Gasteiger partial charge >= 0.3 is 0 Å². The van der Waals surface area contributed by atoms with E-state index in [0.29, 0.717) is 4.90 Å². The fourth-order valence-corrected chi connectivity index (χ4v) is 3.05. The maximum atomic E-state index is 11.8. The number of fused-ring (bicyclic) bond motifs is 1. The number of hydrogen-bond donors (Lipinski definition) is 0. The third-order valence-corrected chi connectivity index (χ3v) is 5.13. The highest BCUT2D eigenvalue weighted by Crippen LogP contribution is 2.26. The standard InChI is InChI=1S/C16H14O3S/c1-2-20(17,18)15-6-3-12(4-7-15)13-5-8-16-14(11-13)9-10-19-16/h3-11H,2H2,1H3. The quantitative estimate of drug-likeness (QED) is 0.733. The molecule has 4 heteroatoms. The number of sulfone groups is 1. The van der Waals surface area contributed by atoms with Crippen molar-refractivity contribution in [3.63, 3.8) is 0 Å². The van der Waals surface area contributed by atoms with Crippen molar-refractivity contribution in [3.8, 4) is 11.1 Å². The van der Waals surface area contributed by atoms with E-state index in [1.807, 2.05) is 36.4 Å². The molecule has 0 radical (unpaired) electrons. The summed E-state index contributed by atoms with van der Waals surface area (Å²) in [5, 5.41) is 1.03. The average molecular weight is 286 g/mol. The summed E-state index contributed by atoms with van der Waals surface area (Å²) in [4.78, 5) is 0.369. The van der Waals surface area contributed by atoms with E-state index in [-0.39, 0.29) is 5.75 Å². The maximum absolute atomic E-state index is 11.8. The Morgan fingerprint density at radius 3 is 2.35 bits per heavy atom. The molecule has 102 valence electrons. The lowest BCUT2D eigenvalue weighted by molar-refractivity contribution is 0.597. The lowest BCUT2D eigenvalue weighted by Crippen LogP contribution is -2.03. The zero-order chi connectivity index (χ0) is 14.2. The SMILES string of the molecule is CCS(=O)(=O)c1ccc(-c2ccc3occc3c2)cc1. The first-order valence-electron chi connectivity index (χ1n) is 6.40. The molecule has 0 saturated carbocycles. The van der Waals surface area contributed by atoms with E-state index in [2.05, 4.69) is 0 Å². The van der Waals surface area contributed by atoms with Crippen LogP contribution in [0, 0.1) is 0 Å². The van der Waals surface area contributed by atoms with Crippen LogP contribution in [0.4, 0.5) is 0 Å². The van der Waals surface area contributed by atoms with Gasteiger partial charge in [-0.1, -0.05) is 25.1 Å². The van der Waals surface area contributed by atoms with Gasteiger partial charge in [0.2, 0.25) is 0 Å². The summed E-state index contributed by atoms with van der Waals surface area (Å²) in [6.07, 6.45) is 1.66. The molecule has 0 spiro atoms. The number of benzene rings is 2. The average Bonchev–Trinajstić information content (AvgIpc) is 2.94. The van der Waals surface area contributed by atoms with Gasteiger partial charge in [-0.05, 0) is 41.5 Å². The second kappa shape index (κ2) is 4.80. The molecule has 0 unspecified atom stereocenters. The summed E-state index contributed by atoms with van der Waals surface area (Å²) >= 11 is 0. The highest BCUT2D eigenvalue weighted by atomic mass is 32.2. The van der Waals surface area contributed by atoms with Crippen LogP contribution in [-0.2, 0) is 9.84 Å². The minimum absolute atomic E-state index is 0.118. The molecule has 0 atom stereocenters. The Bertz CT molecular complexity index is 843. The molecule has 1 aromatic heterocycles. The molecule has 3 rings (SSSR count). The number of hydrogen-bond acceptors (Lipinski definition) is 3. The molecule has 2 aromatic carbocycles. The fourth-order valence-electron chi connectivity index (χ4n) is 2.17. The molecule has 0 fully saturated rings. The molecule has 3 nitrogen and oxygen atoms in total. The molecule has 3 aromatic rings. The highest BCUT2D eigenvalue weighted by molar-refractivity contribution is 7.91. The Balaban J connectivity index is 2.02. The van der Waals surface area contributed by atoms with Gasteiger partial charge in [0.05, 0.1) is 16.9 Å². The second-order valence-corrected chi connectivity index (χ2v) is 6.88. The van der Waals surface area contributed by atoms with Crippen molar-refractivity contribution in [2.45, 2.75) is 11.8 Å². The van der Waals surface area contributed by atoms with Crippen molar-refractivity contribution in [2.24, 2.45) is 0 Å². The number of rotatable bonds is 3. The van der Waals surface area contributed by atoms with Crippen molar-refractivity contribution in [2.75, 3.05) is 5.75 Å². The van der Waals surface area contributed by atoms with E-state index in [1.165, 1.54) is 0 Å². The van der Waals surface area contributed by atoms with E-state index in [0.717, 1.165) is 22.1 Å². The van der Waals surface area contributed by atoms with Gasteiger partial charge in [0, 0.05) is 5.39 Å². The minimum Gasteiger partial charge on any atom is -0.464 e. The first-order chi connectivity index (χ1) is 9.60. The summed E-state index contributed by atoms with van der Waals surface area (Å²) < 4.78 is 28.9. The smallest absolute Gasteiger partial charge is 0.178 e. The van der Waals surface area contributed by atoms with Gasteiger partial charge in [-0.2, -0.15) is 0 Å². The van der Waals surface area contributed by atoms with Gasteiger partial charge in [0.25, 0.3) is 0 Å².